The average molecular weight is 694 g/mol. The fourth-order valence-electron chi connectivity index (χ4n) is 8.08. The Morgan fingerprint density at radius 3 is 2.56 bits per heavy atom. The summed E-state index contributed by atoms with van der Waals surface area (Å²) in [5.74, 6) is -0.0467. The Hall–Kier alpha value is -4.14. The molecular weight excluding hydrogens is 646 g/mol. The minimum atomic E-state index is -0.706. The number of carbonyl (C=O) groups excluding carboxylic acids is 2. The molecule has 2 aromatic heterocycles. The van der Waals surface area contributed by atoms with Crippen molar-refractivity contribution in [2.45, 2.75) is 89.6 Å². The first kappa shape index (κ1) is 34.3. The maximum absolute atomic E-state index is 15.0. The average Bonchev–Trinajstić information content (AvgIpc) is 3.48. The number of halogens is 1. The van der Waals surface area contributed by atoms with Gasteiger partial charge in [0.25, 0.3) is 0 Å². The molecule has 0 radical (unpaired) electrons. The number of hydrogen-bond donors (Lipinski definition) is 0. The lowest BCUT2D eigenvalue weighted by Crippen LogP contribution is -2.62. The van der Waals surface area contributed by atoms with E-state index in [1.807, 2.05) is 41.4 Å². The minimum absolute atomic E-state index is 0.0467. The number of fused-ring (bicyclic) bond motifs is 2. The number of carbonyl (C=O) groups is 2. The van der Waals surface area contributed by atoms with Gasteiger partial charge in [0.1, 0.15) is 12.1 Å². The summed E-state index contributed by atoms with van der Waals surface area (Å²) < 4.78 is 8.37. The monoisotopic (exact) mass is 693 g/mol. The Kier molecular flexibility index (Phi) is 10.9. The highest BCUT2D eigenvalue weighted by molar-refractivity contribution is 6.30. The quantitative estimate of drug-likeness (QED) is 0.181. The van der Waals surface area contributed by atoms with Crippen molar-refractivity contribution in [1.29, 1.82) is 0 Å². The Morgan fingerprint density at radius 1 is 0.940 bits per heavy atom. The molecule has 9 heteroatoms. The molecule has 0 spiro atoms. The van der Waals surface area contributed by atoms with Crippen LogP contribution >= 0.6 is 11.6 Å². The van der Waals surface area contributed by atoms with Crippen LogP contribution in [-0.4, -0.2) is 74.6 Å². The normalized spacial score (nSPS) is 19.7. The van der Waals surface area contributed by atoms with E-state index in [4.69, 9.17) is 21.3 Å². The summed E-state index contributed by atoms with van der Waals surface area (Å²) in [5.41, 5.74) is 6.85. The zero-order valence-corrected chi connectivity index (χ0v) is 29.8. The standard InChI is InChI=1S/C41H48ClN5O3/c1-30-11-9-22-44(30)23-10-24-46(28-31-12-4-2-5-13-31)40(48)37-29-45(25-26-47(37)41(49)50-35-15-6-3-7-16-35)39-36-20-19-34(42)27-33(36)18-17-32-14-8-21-43-38(32)39/h2,4-5,8-9,11-14,19-22,27,35,37,39H,3,6-7,10,15-18,23-26,28-29H2,1H3/t37-,39-/m1/s1. The highest BCUT2D eigenvalue weighted by atomic mass is 35.5. The summed E-state index contributed by atoms with van der Waals surface area (Å²) in [6, 6.07) is 23.8. The van der Waals surface area contributed by atoms with Crippen LogP contribution in [0.5, 0.6) is 0 Å². The van der Waals surface area contributed by atoms with Crippen LogP contribution in [-0.2, 0) is 35.5 Å². The number of amides is 2. The summed E-state index contributed by atoms with van der Waals surface area (Å²) in [6.07, 6.45) is 11.1. The van der Waals surface area contributed by atoms with Crippen LogP contribution in [0.2, 0.25) is 5.02 Å². The number of nitrogens with zero attached hydrogens (tertiary/aromatic N) is 5. The van der Waals surface area contributed by atoms with Crippen LogP contribution in [0.25, 0.3) is 0 Å². The van der Waals surface area contributed by atoms with Crippen molar-refractivity contribution < 1.29 is 14.3 Å². The van der Waals surface area contributed by atoms with E-state index in [0.717, 1.165) is 67.8 Å². The van der Waals surface area contributed by atoms with Gasteiger partial charge in [0, 0.05) is 62.4 Å². The van der Waals surface area contributed by atoms with E-state index in [0.29, 0.717) is 32.7 Å². The van der Waals surface area contributed by atoms with E-state index in [9.17, 15) is 4.79 Å². The summed E-state index contributed by atoms with van der Waals surface area (Å²) in [6.45, 7) is 5.33. The Morgan fingerprint density at radius 2 is 1.76 bits per heavy atom. The lowest BCUT2D eigenvalue weighted by molar-refractivity contribution is -0.140. The predicted octanol–water partition coefficient (Wildman–Crippen LogP) is 7.61. The molecule has 50 heavy (non-hydrogen) atoms. The van der Waals surface area contributed by atoms with Crippen molar-refractivity contribution >= 4 is 23.6 Å². The summed E-state index contributed by atoms with van der Waals surface area (Å²) in [5, 5.41) is 0.719. The third kappa shape index (κ3) is 7.77. The van der Waals surface area contributed by atoms with Crippen molar-refractivity contribution in [3.8, 4) is 0 Å². The molecule has 2 fully saturated rings. The molecule has 1 saturated heterocycles. The zero-order chi connectivity index (χ0) is 34.5. The fraction of sp³-hybridized carbons (Fsp3) is 0.439. The van der Waals surface area contributed by atoms with Gasteiger partial charge in [-0.25, -0.2) is 4.79 Å². The molecule has 4 aromatic rings. The van der Waals surface area contributed by atoms with Crippen LogP contribution in [0.15, 0.2) is 85.2 Å². The largest absolute Gasteiger partial charge is 0.446 e. The lowest BCUT2D eigenvalue weighted by atomic mass is 9.95. The van der Waals surface area contributed by atoms with Crippen molar-refractivity contribution in [2.24, 2.45) is 0 Å². The second kappa shape index (κ2) is 15.8. The maximum Gasteiger partial charge on any atom is 0.410 e. The zero-order valence-electron chi connectivity index (χ0n) is 29.1. The smallest absolute Gasteiger partial charge is 0.410 e. The summed E-state index contributed by atoms with van der Waals surface area (Å²) >= 11 is 6.52. The topological polar surface area (TPSA) is 70.9 Å². The van der Waals surface area contributed by atoms with E-state index in [1.54, 1.807) is 4.90 Å². The summed E-state index contributed by atoms with van der Waals surface area (Å²) in [4.78, 5) is 40.0. The molecule has 3 heterocycles. The first-order valence-corrected chi connectivity index (χ1v) is 18.7. The molecule has 2 amide bonds. The Balaban J connectivity index is 1.21. The summed E-state index contributed by atoms with van der Waals surface area (Å²) in [7, 11) is 0. The van der Waals surface area contributed by atoms with Gasteiger partial charge >= 0.3 is 6.09 Å². The van der Waals surface area contributed by atoms with Crippen LogP contribution in [0.1, 0.15) is 78.2 Å². The van der Waals surface area contributed by atoms with Gasteiger partial charge in [-0.3, -0.25) is 19.6 Å². The number of rotatable bonds is 9. The molecule has 7 rings (SSSR count). The second-order valence-corrected chi connectivity index (χ2v) is 14.5. The van der Waals surface area contributed by atoms with Crippen LogP contribution in [0.4, 0.5) is 4.79 Å². The van der Waals surface area contributed by atoms with Crippen molar-refractivity contribution in [2.75, 3.05) is 26.2 Å². The molecule has 1 saturated carbocycles. The van der Waals surface area contributed by atoms with Crippen LogP contribution < -0.4 is 0 Å². The predicted molar refractivity (Wildman–Crippen MR) is 196 cm³/mol. The minimum Gasteiger partial charge on any atom is -0.446 e. The fourth-order valence-corrected chi connectivity index (χ4v) is 8.27. The molecule has 0 unspecified atom stereocenters. The van der Waals surface area contributed by atoms with E-state index in [-0.39, 0.29) is 24.1 Å². The third-order valence-electron chi connectivity index (χ3n) is 10.8. The van der Waals surface area contributed by atoms with Gasteiger partial charge in [-0.1, -0.05) is 60.5 Å². The van der Waals surface area contributed by atoms with Crippen molar-refractivity contribution in [3.63, 3.8) is 0 Å². The highest BCUT2D eigenvalue weighted by Crippen LogP contribution is 2.38. The van der Waals surface area contributed by atoms with Gasteiger partial charge < -0.3 is 14.2 Å². The molecule has 0 N–H and O–H groups in total. The molecular formula is C41H48ClN5O3. The van der Waals surface area contributed by atoms with Gasteiger partial charge in [-0.2, -0.15) is 0 Å². The van der Waals surface area contributed by atoms with Gasteiger partial charge in [-0.15, -0.1) is 0 Å². The van der Waals surface area contributed by atoms with Crippen molar-refractivity contribution in [3.05, 3.63) is 124 Å². The van der Waals surface area contributed by atoms with Crippen LogP contribution in [0, 0.1) is 6.92 Å². The van der Waals surface area contributed by atoms with Gasteiger partial charge in [0.2, 0.25) is 5.91 Å². The van der Waals surface area contributed by atoms with Gasteiger partial charge in [-0.05, 0) is 104 Å². The number of pyridine rings is 1. The number of piperazine rings is 1. The first-order chi connectivity index (χ1) is 24.4. The molecule has 2 aliphatic carbocycles. The lowest BCUT2D eigenvalue weighted by Gasteiger charge is -2.45. The van der Waals surface area contributed by atoms with E-state index in [2.05, 4.69) is 65.1 Å². The highest BCUT2D eigenvalue weighted by Gasteiger charge is 2.42. The van der Waals surface area contributed by atoms with E-state index in [1.165, 1.54) is 28.8 Å². The number of aryl methyl sites for hydroxylation is 4. The number of benzene rings is 2. The number of aromatic nitrogens is 2. The van der Waals surface area contributed by atoms with E-state index >= 15 is 4.79 Å². The third-order valence-corrected chi connectivity index (χ3v) is 11.0. The molecule has 262 valence electrons. The van der Waals surface area contributed by atoms with Gasteiger partial charge in [0.05, 0.1) is 11.7 Å². The number of hydrogen-bond acceptors (Lipinski definition) is 5. The van der Waals surface area contributed by atoms with Crippen LogP contribution in [0.3, 0.4) is 0 Å². The second-order valence-electron chi connectivity index (χ2n) is 14.1. The number of ether oxygens (including phenoxy) is 1. The Bertz CT molecular complexity index is 1770. The molecule has 0 bridgehead atoms. The molecule has 3 aliphatic rings. The maximum atomic E-state index is 15.0. The van der Waals surface area contributed by atoms with E-state index < -0.39 is 6.04 Å². The molecule has 1 aliphatic heterocycles. The molecule has 8 nitrogen and oxygen atoms in total. The first-order valence-electron chi connectivity index (χ1n) is 18.3. The SMILES string of the molecule is Cc1cccn1CCCN(Cc1ccccc1)C(=O)[C@H]1CN([C@@H]2c3ccc(Cl)cc3CCc3cccnc32)CCN1C(=O)OC1CCCCC1. The van der Waals surface area contributed by atoms with Crippen molar-refractivity contribution in [1.82, 2.24) is 24.3 Å². The molecule has 2 aromatic carbocycles. The molecule has 2 atom stereocenters. The Labute approximate surface area is 301 Å². The van der Waals surface area contributed by atoms with Gasteiger partial charge in [0.15, 0.2) is 0 Å².